The highest BCUT2D eigenvalue weighted by atomic mass is 35.5. The van der Waals surface area contributed by atoms with Gasteiger partial charge < -0.3 is 10.2 Å². The van der Waals surface area contributed by atoms with Gasteiger partial charge >= 0.3 is 0 Å². The molecule has 1 aromatic heterocycles. The molecule has 23 heavy (non-hydrogen) atoms. The van der Waals surface area contributed by atoms with Crippen molar-refractivity contribution in [1.29, 1.82) is 0 Å². The first-order valence-electron chi connectivity index (χ1n) is 7.76. The Kier molecular flexibility index (Phi) is 5.80. The molecule has 1 atom stereocenters. The first kappa shape index (κ1) is 17.5. The van der Waals surface area contributed by atoms with Crippen LogP contribution in [0, 0.1) is 6.92 Å². The lowest BCUT2D eigenvalue weighted by molar-refractivity contribution is 0.0698. The Bertz CT molecular complexity index is 670. The Hall–Kier alpha value is -1.85. The molecular formula is C17H23ClN4O. The van der Waals surface area contributed by atoms with Gasteiger partial charge in [-0.3, -0.25) is 4.79 Å². The highest BCUT2D eigenvalue weighted by Gasteiger charge is 2.24. The van der Waals surface area contributed by atoms with Crippen LogP contribution in [0.4, 0.5) is 0 Å². The molecule has 124 valence electrons. The second-order valence-corrected chi connectivity index (χ2v) is 5.84. The van der Waals surface area contributed by atoms with E-state index in [1.54, 1.807) is 10.9 Å². The van der Waals surface area contributed by atoms with Crippen LogP contribution in [0.15, 0.2) is 36.7 Å². The minimum Gasteiger partial charge on any atom is -0.337 e. The summed E-state index contributed by atoms with van der Waals surface area (Å²) in [6.07, 6.45) is 5.66. The van der Waals surface area contributed by atoms with Gasteiger partial charge in [-0.2, -0.15) is 5.10 Å². The normalized spacial score (nSPS) is 17.7. The number of likely N-dealkylation sites (N-methyl/N-ethyl adjacent to an activating group) is 1. The van der Waals surface area contributed by atoms with E-state index in [1.807, 2.05) is 49.3 Å². The highest BCUT2D eigenvalue weighted by Crippen LogP contribution is 2.16. The van der Waals surface area contributed by atoms with Crippen molar-refractivity contribution in [2.24, 2.45) is 0 Å². The topological polar surface area (TPSA) is 50.2 Å². The molecule has 0 bridgehead atoms. The lowest BCUT2D eigenvalue weighted by Gasteiger charge is -2.32. The van der Waals surface area contributed by atoms with Gasteiger partial charge in [-0.25, -0.2) is 4.68 Å². The number of hydrogen-bond acceptors (Lipinski definition) is 3. The van der Waals surface area contributed by atoms with Crippen LogP contribution in [0.5, 0.6) is 0 Å². The molecule has 5 nitrogen and oxygen atoms in total. The highest BCUT2D eigenvalue weighted by molar-refractivity contribution is 5.94. The van der Waals surface area contributed by atoms with Crippen LogP contribution < -0.4 is 5.32 Å². The summed E-state index contributed by atoms with van der Waals surface area (Å²) in [7, 11) is 1.95. The predicted molar refractivity (Wildman–Crippen MR) is 93.5 cm³/mol. The van der Waals surface area contributed by atoms with Crippen molar-refractivity contribution in [3.63, 3.8) is 0 Å². The molecule has 1 N–H and O–H groups in total. The van der Waals surface area contributed by atoms with Gasteiger partial charge in [0.1, 0.15) is 0 Å². The molecule has 1 aliphatic heterocycles. The van der Waals surface area contributed by atoms with Crippen LogP contribution in [-0.2, 0) is 0 Å². The molecule has 1 saturated heterocycles. The van der Waals surface area contributed by atoms with Crippen LogP contribution >= 0.6 is 12.4 Å². The van der Waals surface area contributed by atoms with Crippen molar-refractivity contribution >= 4 is 18.3 Å². The van der Waals surface area contributed by atoms with Crippen LogP contribution in [0.1, 0.15) is 28.8 Å². The summed E-state index contributed by atoms with van der Waals surface area (Å²) in [6, 6.07) is 8.42. The van der Waals surface area contributed by atoms with Gasteiger partial charge in [0.2, 0.25) is 0 Å². The fraction of sp³-hybridized carbons (Fsp3) is 0.412. The first-order valence-corrected chi connectivity index (χ1v) is 7.76. The summed E-state index contributed by atoms with van der Waals surface area (Å²) in [5.74, 6) is 0.0692. The number of carbonyl (C=O) groups excluding carboxylic acids is 1. The maximum atomic E-state index is 12.6. The third kappa shape index (κ3) is 3.74. The number of rotatable bonds is 3. The van der Waals surface area contributed by atoms with Gasteiger partial charge in [0.15, 0.2) is 0 Å². The lowest BCUT2D eigenvalue weighted by atomic mass is 10.1. The number of nitrogens with one attached hydrogen (secondary N) is 1. The van der Waals surface area contributed by atoms with E-state index < -0.39 is 0 Å². The third-order valence-electron chi connectivity index (χ3n) is 4.31. The number of carbonyl (C=O) groups is 1. The monoisotopic (exact) mass is 334 g/mol. The maximum absolute atomic E-state index is 12.6. The van der Waals surface area contributed by atoms with E-state index in [2.05, 4.69) is 10.4 Å². The number of amides is 1. The molecule has 6 heteroatoms. The summed E-state index contributed by atoms with van der Waals surface area (Å²) < 4.78 is 1.78. The number of nitrogens with zero attached hydrogens (tertiary/aromatic N) is 3. The summed E-state index contributed by atoms with van der Waals surface area (Å²) in [6.45, 7) is 3.64. The summed E-state index contributed by atoms with van der Waals surface area (Å²) in [4.78, 5) is 14.6. The Balaban J connectivity index is 0.00000192. The molecule has 0 aliphatic carbocycles. The second-order valence-electron chi connectivity index (χ2n) is 5.84. The number of halogens is 1. The van der Waals surface area contributed by atoms with Crippen LogP contribution in [-0.4, -0.2) is 46.8 Å². The summed E-state index contributed by atoms with van der Waals surface area (Å²) in [5, 5.41) is 7.62. The van der Waals surface area contributed by atoms with E-state index in [-0.39, 0.29) is 18.3 Å². The first-order chi connectivity index (χ1) is 10.7. The van der Waals surface area contributed by atoms with Crippen LogP contribution in [0.25, 0.3) is 5.69 Å². The van der Waals surface area contributed by atoms with E-state index in [0.29, 0.717) is 11.6 Å². The van der Waals surface area contributed by atoms with E-state index in [9.17, 15) is 4.79 Å². The van der Waals surface area contributed by atoms with Gasteiger partial charge in [0, 0.05) is 25.3 Å². The van der Waals surface area contributed by atoms with Gasteiger partial charge in [-0.05, 0) is 38.4 Å². The van der Waals surface area contributed by atoms with E-state index >= 15 is 0 Å². The number of aryl methyl sites for hydroxylation is 1. The molecule has 0 spiro atoms. The lowest BCUT2D eigenvalue weighted by Crippen LogP contribution is -2.46. The van der Waals surface area contributed by atoms with Crippen molar-refractivity contribution in [1.82, 2.24) is 20.0 Å². The maximum Gasteiger partial charge on any atom is 0.257 e. The van der Waals surface area contributed by atoms with Crippen molar-refractivity contribution in [2.75, 3.05) is 20.1 Å². The number of piperidine rings is 1. The summed E-state index contributed by atoms with van der Waals surface area (Å²) >= 11 is 0. The fourth-order valence-electron chi connectivity index (χ4n) is 2.97. The van der Waals surface area contributed by atoms with E-state index in [0.717, 1.165) is 37.2 Å². The quantitative estimate of drug-likeness (QED) is 0.938. The average molecular weight is 335 g/mol. The number of likely N-dealkylation sites (tertiary alicyclic amines) is 1. The Morgan fingerprint density at radius 3 is 2.87 bits per heavy atom. The molecule has 2 aromatic rings. The molecule has 1 fully saturated rings. The zero-order valence-corrected chi connectivity index (χ0v) is 14.3. The van der Waals surface area contributed by atoms with Crippen molar-refractivity contribution < 1.29 is 4.79 Å². The van der Waals surface area contributed by atoms with Crippen LogP contribution in [0.3, 0.4) is 0 Å². The van der Waals surface area contributed by atoms with E-state index in [4.69, 9.17) is 0 Å². The standard InChI is InChI=1S/C17H22N4O.ClH/c1-13-6-3-4-8-16(13)21-11-14(10-19-21)17(22)20-9-5-7-15(12-20)18-2;/h3-4,6,8,10-11,15,18H,5,7,9,12H2,1-2H3;1H. The minimum absolute atomic E-state index is 0. The molecular weight excluding hydrogens is 312 g/mol. The van der Waals surface area contributed by atoms with Gasteiger partial charge in [-0.1, -0.05) is 18.2 Å². The molecule has 3 rings (SSSR count). The second kappa shape index (κ2) is 7.62. The fourth-order valence-corrected chi connectivity index (χ4v) is 2.97. The van der Waals surface area contributed by atoms with Crippen LogP contribution in [0.2, 0.25) is 0 Å². The number of hydrogen-bond donors (Lipinski definition) is 1. The predicted octanol–water partition coefficient (Wildman–Crippen LogP) is 2.43. The number of benzene rings is 1. The molecule has 1 aromatic carbocycles. The molecule has 1 aliphatic rings. The molecule has 1 amide bonds. The minimum atomic E-state index is 0. The SMILES string of the molecule is CNC1CCCN(C(=O)c2cnn(-c3ccccc3C)c2)C1.Cl. The Labute approximate surface area is 143 Å². The van der Waals surface area contributed by atoms with E-state index in [1.165, 1.54) is 0 Å². The zero-order chi connectivity index (χ0) is 15.5. The smallest absolute Gasteiger partial charge is 0.257 e. The van der Waals surface area contributed by atoms with Gasteiger partial charge in [0.25, 0.3) is 5.91 Å². The van der Waals surface area contributed by atoms with Gasteiger partial charge in [0.05, 0.1) is 17.4 Å². The molecule has 0 radical (unpaired) electrons. The average Bonchev–Trinajstić information content (AvgIpc) is 3.04. The zero-order valence-electron chi connectivity index (χ0n) is 13.5. The van der Waals surface area contributed by atoms with Crippen molar-refractivity contribution in [3.8, 4) is 5.69 Å². The van der Waals surface area contributed by atoms with Gasteiger partial charge in [-0.15, -0.1) is 12.4 Å². The number of aromatic nitrogens is 2. The largest absolute Gasteiger partial charge is 0.337 e. The molecule has 2 heterocycles. The third-order valence-corrected chi connectivity index (χ3v) is 4.31. The van der Waals surface area contributed by atoms with Crippen molar-refractivity contribution in [3.05, 3.63) is 47.8 Å². The summed E-state index contributed by atoms with van der Waals surface area (Å²) in [5.41, 5.74) is 2.80. The number of para-hydroxylation sites is 1. The molecule has 1 unspecified atom stereocenters. The Morgan fingerprint density at radius 2 is 2.13 bits per heavy atom. The van der Waals surface area contributed by atoms with Crippen molar-refractivity contribution in [2.45, 2.75) is 25.8 Å². The Morgan fingerprint density at radius 1 is 1.35 bits per heavy atom. The molecule has 0 saturated carbocycles.